The number of carboxylic acid groups (broad SMARTS) is 1. The Balaban J connectivity index is 1.66. The lowest BCUT2D eigenvalue weighted by molar-refractivity contribution is 0.0697. The summed E-state index contributed by atoms with van der Waals surface area (Å²) in [6.07, 6.45) is 11.7. The molecule has 28 heavy (non-hydrogen) atoms. The molecule has 1 unspecified atom stereocenters. The van der Waals surface area contributed by atoms with Crippen molar-refractivity contribution in [1.29, 1.82) is 0 Å². The summed E-state index contributed by atoms with van der Waals surface area (Å²) in [6, 6.07) is 0.483. The highest BCUT2D eigenvalue weighted by Gasteiger charge is 2.38. The molecule has 1 atom stereocenters. The largest absolute Gasteiger partial charge is 0.478 e. The predicted molar refractivity (Wildman–Crippen MR) is 98.8 cm³/mol. The van der Waals surface area contributed by atoms with Gasteiger partial charge in [-0.1, -0.05) is 19.8 Å². The molecule has 1 fully saturated rings. The Bertz CT molecular complexity index is 1040. The molecular formula is C18H20N8O2. The van der Waals surface area contributed by atoms with Gasteiger partial charge in [0, 0.05) is 12.2 Å². The van der Waals surface area contributed by atoms with Gasteiger partial charge in [0.1, 0.15) is 12.0 Å². The van der Waals surface area contributed by atoms with Crippen LogP contribution in [0.3, 0.4) is 0 Å². The Morgan fingerprint density at radius 3 is 2.82 bits per heavy atom. The molecule has 1 aliphatic carbocycles. The maximum Gasteiger partial charge on any atom is 0.338 e. The average molecular weight is 380 g/mol. The van der Waals surface area contributed by atoms with Crippen LogP contribution in [0, 0.1) is 0 Å². The molecule has 0 aromatic carbocycles. The second kappa shape index (κ2) is 6.39. The van der Waals surface area contributed by atoms with Crippen LogP contribution in [0.1, 0.15) is 61.3 Å². The van der Waals surface area contributed by atoms with Crippen molar-refractivity contribution < 1.29 is 9.90 Å². The standard InChI is InChI=1S/C18H20N8O2/c1-2-13-16-23-20-10-24(16)14-8-19-18(25-9-11(7-21-25)17(27)28)22-15(14)26(13)12-5-3-4-6-12/h7-10,12-13H,2-6H2,1H3,(H,27,28). The summed E-state index contributed by atoms with van der Waals surface area (Å²) in [5.74, 6) is 1.05. The van der Waals surface area contributed by atoms with E-state index in [2.05, 4.69) is 32.1 Å². The zero-order chi connectivity index (χ0) is 19.3. The van der Waals surface area contributed by atoms with E-state index in [1.54, 1.807) is 12.5 Å². The molecule has 10 nitrogen and oxygen atoms in total. The van der Waals surface area contributed by atoms with Gasteiger partial charge >= 0.3 is 5.97 Å². The molecule has 1 N–H and O–H groups in total. The van der Waals surface area contributed by atoms with E-state index < -0.39 is 5.97 Å². The van der Waals surface area contributed by atoms with Gasteiger partial charge in [0.05, 0.1) is 24.0 Å². The molecule has 3 aromatic rings. The van der Waals surface area contributed by atoms with Crippen LogP contribution in [0.15, 0.2) is 24.9 Å². The van der Waals surface area contributed by atoms with Crippen LogP contribution in [0.4, 0.5) is 5.82 Å². The smallest absolute Gasteiger partial charge is 0.338 e. The minimum atomic E-state index is -1.03. The molecule has 0 saturated heterocycles. The molecule has 0 radical (unpaired) electrons. The molecule has 5 rings (SSSR count). The molecule has 0 bridgehead atoms. The Morgan fingerprint density at radius 2 is 2.11 bits per heavy atom. The molecule has 1 saturated carbocycles. The minimum Gasteiger partial charge on any atom is -0.478 e. The highest BCUT2D eigenvalue weighted by atomic mass is 16.4. The Hall–Kier alpha value is -3.30. The Morgan fingerprint density at radius 1 is 1.29 bits per heavy atom. The van der Waals surface area contributed by atoms with Crippen molar-refractivity contribution in [2.75, 3.05) is 4.90 Å². The number of nitrogens with zero attached hydrogens (tertiary/aromatic N) is 8. The van der Waals surface area contributed by atoms with Crippen LogP contribution in [-0.4, -0.2) is 51.6 Å². The Labute approximate surface area is 160 Å². The molecule has 144 valence electrons. The zero-order valence-corrected chi connectivity index (χ0v) is 15.4. The summed E-state index contributed by atoms with van der Waals surface area (Å²) in [5.41, 5.74) is 0.937. The van der Waals surface area contributed by atoms with Crippen LogP contribution in [0.5, 0.6) is 0 Å². The lowest BCUT2D eigenvalue weighted by Crippen LogP contribution is -2.42. The van der Waals surface area contributed by atoms with Gasteiger partial charge in [-0.05, 0) is 19.3 Å². The summed E-state index contributed by atoms with van der Waals surface area (Å²) in [4.78, 5) is 22.8. The number of fused-ring (bicyclic) bond motifs is 3. The molecule has 1 aliphatic heterocycles. The Kier molecular flexibility index (Phi) is 3.85. The number of carboxylic acids is 1. The van der Waals surface area contributed by atoms with Gasteiger partial charge in [0.25, 0.3) is 5.95 Å². The number of carbonyl (C=O) groups is 1. The van der Waals surface area contributed by atoms with Crippen molar-refractivity contribution in [3.8, 4) is 11.6 Å². The van der Waals surface area contributed by atoms with Crippen LogP contribution < -0.4 is 4.90 Å². The summed E-state index contributed by atoms with van der Waals surface area (Å²) in [7, 11) is 0. The van der Waals surface area contributed by atoms with Gasteiger partial charge in [0.2, 0.25) is 0 Å². The third-order valence-corrected chi connectivity index (χ3v) is 5.59. The van der Waals surface area contributed by atoms with Crippen LogP contribution >= 0.6 is 0 Å². The maximum atomic E-state index is 11.2. The van der Waals surface area contributed by atoms with E-state index in [9.17, 15) is 4.79 Å². The maximum absolute atomic E-state index is 11.2. The molecular weight excluding hydrogens is 360 g/mol. The highest BCUT2D eigenvalue weighted by Crippen LogP contribution is 2.42. The molecule has 4 heterocycles. The zero-order valence-electron chi connectivity index (χ0n) is 15.4. The van der Waals surface area contributed by atoms with Gasteiger partial charge in [0.15, 0.2) is 11.6 Å². The minimum absolute atomic E-state index is 0.0908. The van der Waals surface area contributed by atoms with Crippen molar-refractivity contribution >= 4 is 11.8 Å². The van der Waals surface area contributed by atoms with E-state index in [0.29, 0.717) is 12.0 Å². The predicted octanol–water partition coefficient (Wildman–Crippen LogP) is 2.15. The van der Waals surface area contributed by atoms with Crippen molar-refractivity contribution in [3.05, 3.63) is 36.3 Å². The number of hydrogen-bond acceptors (Lipinski definition) is 7. The normalized spacial score (nSPS) is 18.9. The van der Waals surface area contributed by atoms with Gasteiger partial charge in [-0.3, -0.25) is 4.57 Å². The van der Waals surface area contributed by atoms with Crippen molar-refractivity contribution in [2.24, 2.45) is 0 Å². The van der Waals surface area contributed by atoms with E-state index in [0.717, 1.165) is 36.6 Å². The fraction of sp³-hybridized carbons (Fsp3) is 0.444. The second-order valence-corrected chi connectivity index (χ2v) is 7.19. The summed E-state index contributed by atoms with van der Waals surface area (Å²) in [6.45, 7) is 2.14. The lowest BCUT2D eigenvalue weighted by Gasteiger charge is -2.40. The fourth-order valence-electron chi connectivity index (χ4n) is 4.29. The molecule has 0 spiro atoms. The molecule has 0 amide bonds. The highest BCUT2D eigenvalue weighted by molar-refractivity contribution is 5.86. The fourth-order valence-corrected chi connectivity index (χ4v) is 4.29. The van der Waals surface area contributed by atoms with Crippen LogP contribution in [0.25, 0.3) is 11.6 Å². The van der Waals surface area contributed by atoms with Crippen molar-refractivity contribution in [3.63, 3.8) is 0 Å². The summed E-state index contributed by atoms with van der Waals surface area (Å²) in [5, 5.41) is 21.7. The second-order valence-electron chi connectivity index (χ2n) is 7.19. The average Bonchev–Trinajstić information content (AvgIpc) is 3.47. The van der Waals surface area contributed by atoms with E-state index in [1.165, 1.54) is 29.9 Å². The number of aromatic carboxylic acids is 1. The van der Waals surface area contributed by atoms with E-state index in [4.69, 9.17) is 10.1 Å². The monoisotopic (exact) mass is 380 g/mol. The van der Waals surface area contributed by atoms with E-state index in [-0.39, 0.29) is 11.6 Å². The first-order valence-corrected chi connectivity index (χ1v) is 9.51. The van der Waals surface area contributed by atoms with E-state index >= 15 is 0 Å². The number of anilines is 1. The molecule has 3 aromatic heterocycles. The topological polar surface area (TPSA) is 115 Å². The van der Waals surface area contributed by atoms with E-state index in [1.807, 2.05) is 4.57 Å². The lowest BCUT2D eigenvalue weighted by atomic mass is 10.0. The first-order valence-electron chi connectivity index (χ1n) is 9.51. The van der Waals surface area contributed by atoms with Crippen molar-refractivity contribution in [2.45, 2.75) is 51.1 Å². The summed E-state index contributed by atoms with van der Waals surface area (Å²) >= 11 is 0. The van der Waals surface area contributed by atoms with Gasteiger partial charge in [-0.25, -0.2) is 14.5 Å². The van der Waals surface area contributed by atoms with Gasteiger partial charge < -0.3 is 10.0 Å². The summed E-state index contributed by atoms with van der Waals surface area (Å²) < 4.78 is 3.35. The molecule has 10 heteroatoms. The SMILES string of the molecule is CCC1c2nncn2-c2cnc(-n3cc(C(=O)O)cn3)nc2N1C1CCCC1. The first-order chi connectivity index (χ1) is 13.7. The number of rotatable bonds is 4. The van der Waals surface area contributed by atoms with Crippen LogP contribution in [0.2, 0.25) is 0 Å². The quantitative estimate of drug-likeness (QED) is 0.732. The molecule has 2 aliphatic rings. The van der Waals surface area contributed by atoms with Crippen molar-refractivity contribution in [1.82, 2.24) is 34.5 Å². The van der Waals surface area contributed by atoms with Gasteiger partial charge in [-0.2, -0.15) is 10.1 Å². The third-order valence-electron chi connectivity index (χ3n) is 5.59. The first kappa shape index (κ1) is 16.8. The number of aromatic nitrogens is 7. The third kappa shape index (κ3) is 2.48. The number of hydrogen-bond donors (Lipinski definition) is 1. The van der Waals surface area contributed by atoms with Crippen LogP contribution in [-0.2, 0) is 0 Å². The van der Waals surface area contributed by atoms with Gasteiger partial charge in [-0.15, -0.1) is 10.2 Å².